The standard InChI is InChI=1S/C11H23NO4/c1-9(13)8-12(6-7-15-5)10(14)16-11(2,3)4/h9,13H,6-8H2,1-5H3/t9-/m0/s1. The first-order valence-electron chi connectivity index (χ1n) is 5.41. The number of aliphatic hydroxyl groups excluding tert-OH is 1. The minimum Gasteiger partial charge on any atom is -0.444 e. The van der Waals surface area contributed by atoms with Gasteiger partial charge < -0.3 is 19.5 Å². The molecule has 0 aromatic carbocycles. The van der Waals surface area contributed by atoms with E-state index in [0.717, 1.165) is 0 Å². The predicted octanol–water partition coefficient (Wildman–Crippen LogP) is 1.25. The van der Waals surface area contributed by atoms with Crippen LogP contribution in [0.5, 0.6) is 0 Å². The Morgan fingerprint density at radius 1 is 1.44 bits per heavy atom. The highest BCUT2D eigenvalue weighted by molar-refractivity contribution is 5.68. The molecule has 0 aromatic heterocycles. The van der Waals surface area contributed by atoms with Crippen LogP contribution in [0.25, 0.3) is 0 Å². The Kier molecular flexibility index (Phi) is 6.36. The molecule has 0 bridgehead atoms. The number of rotatable bonds is 5. The van der Waals surface area contributed by atoms with E-state index in [9.17, 15) is 9.90 Å². The maximum atomic E-state index is 11.7. The zero-order chi connectivity index (χ0) is 12.8. The zero-order valence-corrected chi connectivity index (χ0v) is 10.8. The molecule has 96 valence electrons. The van der Waals surface area contributed by atoms with Crippen LogP contribution in [0.1, 0.15) is 27.7 Å². The van der Waals surface area contributed by atoms with E-state index in [4.69, 9.17) is 9.47 Å². The molecule has 1 atom stereocenters. The molecule has 0 saturated heterocycles. The lowest BCUT2D eigenvalue weighted by atomic mass is 10.2. The molecule has 0 rings (SSSR count). The summed E-state index contributed by atoms with van der Waals surface area (Å²) in [4.78, 5) is 13.2. The molecule has 5 heteroatoms. The first-order chi connectivity index (χ1) is 7.26. The number of nitrogens with zero attached hydrogens (tertiary/aromatic N) is 1. The third kappa shape index (κ3) is 7.48. The van der Waals surface area contributed by atoms with Crippen molar-refractivity contribution in [2.24, 2.45) is 0 Å². The Morgan fingerprint density at radius 3 is 2.38 bits per heavy atom. The number of amides is 1. The van der Waals surface area contributed by atoms with Crippen molar-refractivity contribution in [3.8, 4) is 0 Å². The molecule has 16 heavy (non-hydrogen) atoms. The Hall–Kier alpha value is -0.810. The van der Waals surface area contributed by atoms with Gasteiger partial charge in [0.15, 0.2) is 0 Å². The normalized spacial score (nSPS) is 13.4. The summed E-state index contributed by atoms with van der Waals surface area (Å²) in [6, 6.07) is 0. The summed E-state index contributed by atoms with van der Waals surface area (Å²) in [5, 5.41) is 9.28. The van der Waals surface area contributed by atoms with E-state index >= 15 is 0 Å². The van der Waals surface area contributed by atoms with Crippen molar-refractivity contribution < 1.29 is 19.4 Å². The molecule has 0 heterocycles. The SMILES string of the molecule is COCCN(C[C@H](C)O)C(=O)OC(C)(C)C. The quantitative estimate of drug-likeness (QED) is 0.776. The molecule has 0 aliphatic heterocycles. The third-order valence-electron chi connectivity index (χ3n) is 1.70. The highest BCUT2D eigenvalue weighted by Gasteiger charge is 2.22. The fourth-order valence-corrected chi connectivity index (χ4v) is 1.10. The van der Waals surface area contributed by atoms with Gasteiger partial charge in [0.2, 0.25) is 0 Å². The van der Waals surface area contributed by atoms with Crippen LogP contribution in [0.3, 0.4) is 0 Å². The van der Waals surface area contributed by atoms with Crippen molar-refractivity contribution in [2.45, 2.75) is 39.4 Å². The van der Waals surface area contributed by atoms with Crippen LogP contribution in [-0.4, -0.2) is 54.6 Å². The van der Waals surface area contributed by atoms with Crippen LogP contribution in [0.15, 0.2) is 0 Å². The van der Waals surface area contributed by atoms with Crippen molar-refractivity contribution in [1.29, 1.82) is 0 Å². The largest absolute Gasteiger partial charge is 0.444 e. The predicted molar refractivity (Wildman–Crippen MR) is 61.4 cm³/mol. The number of ether oxygens (including phenoxy) is 2. The molecule has 1 amide bonds. The number of carbonyl (C=O) groups is 1. The number of methoxy groups -OCH3 is 1. The number of carbonyl (C=O) groups excluding carboxylic acids is 1. The van der Waals surface area contributed by atoms with Gasteiger partial charge in [-0.05, 0) is 27.7 Å². The molecule has 1 N–H and O–H groups in total. The topological polar surface area (TPSA) is 59.0 Å². The molecule has 0 saturated carbocycles. The Morgan fingerprint density at radius 2 is 2.00 bits per heavy atom. The van der Waals surface area contributed by atoms with E-state index in [1.165, 1.54) is 4.90 Å². The smallest absolute Gasteiger partial charge is 0.410 e. The van der Waals surface area contributed by atoms with Gasteiger partial charge in [0.1, 0.15) is 5.60 Å². The van der Waals surface area contributed by atoms with Gasteiger partial charge >= 0.3 is 6.09 Å². The van der Waals surface area contributed by atoms with Gasteiger partial charge in [-0.3, -0.25) is 0 Å². The second-order valence-electron chi connectivity index (χ2n) is 4.77. The second-order valence-corrected chi connectivity index (χ2v) is 4.77. The molecule has 0 unspecified atom stereocenters. The summed E-state index contributed by atoms with van der Waals surface area (Å²) in [6.45, 7) is 8.13. The van der Waals surface area contributed by atoms with Gasteiger partial charge in [-0.25, -0.2) is 4.79 Å². The average molecular weight is 233 g/mol. The van der Waals surface area contributed by atoms with Crippen LogP contribution >= 0.6 is 0 Å². The lowest BCUT2D eigenvalue weighted by Crippen LogP contribution is -2.42. The average Bonchev–Trinajstić information content (AvgIpc) is 2.08. The minimum absolute atomic E-state index is 0.248. The molecule has 0 radical (unpaired) electrons. The van der Waals surface area contributed by atoms with E-state index in [2.05, 4.69) is 0 Å². The van der Waals surface area contributed by atoms with Crippen LogP contribution in [0, 0.1) is 0 Å². The summed E-state index contributed by atoms with van der Waals surface area (Å²) < 4.78 is 10.1. The second kappa shape index (κ2) is 6.70. The van der Waals surface area contributed by atoms with Crippen molar-refractivity contribution in [3.63, 3.8) is 0 Å². The molecule has 0 fully saturated rings. The molecule has 5 nitrogen and oxygen atoms in total. The Labute approximate surface area is 97.3 Å². The summed E-state index contributed by atoms with van der Waals surface area (Å²) >= 11 is 0. The molecule has 0 aliphatic carbocycles. The summed E-state index contributed by atoms with van der Waals surface area (Å²) in [7, 11) is 1.57. The maximum Gasteiger partial charge on any atom is 0.410 e. The summed E-state index contributed by atoms with van der Waals surface area (Å²) in [5.41, 5.74) is -0.527. The third-order valence-corrected chi connectivity index (χ3v) is 1.70. The van der Waals surface area contributed by atoms with Crippen LogP contribution in [-0.2, 0) is 9.47 Å². The molecular formula is C11H23NO4. The Balaban J connectivity index is 4.31. The molecule has 0 aromatic rings. The minimum atomic E-state index is -0.579. The number of hydrogen-bond donors (Lipinski definition) is 1. The highest BCUT2D eigenvalue weighted by Crippen LogP contribution is 2.10. The zero-order valence-electron chi connectivity index (χ0n) is 10.8. The Bertz CT molecular complexity index is 211. The molecule has 0 spiro atoms. The lowest BCUT2D eigenvalue weighted by molar-refractivity contribution is 0.0109. The fraction of sp³-hybridized carbons (Fsp3) is 0.909. The summed E-state index contributed by atoms with van der Waals surface area (Å²) in [6.07, 6.45) is -1.00. The van der Waals surface area contributed by atoms with Gasteiger partial charge in [-0.15, -0.1) is 0 Å². The number of aliphatic hydroxyl groups is 1. The van der Waals surface area contributed by atoms with Gasteiger partial charge in [-0.1, -0.05) is 0 Å². The van der Waals surface area contributed by atoms with E-state index in [1.807, 2.05) is 20.8 Å². The van der Waals surface area contributed by atoms with E-state index < -0.39 is 17.8 Å². The maximum absolute atomic E-state index is 11.7. The van der Waals surface area contributed by atoms with Crippen molar-refractivity contribution >= 4 is 6.09 Å². The number of hydrogen-bond acceptors (Lipinski definition) is 4. The molecule has 0 aliphatic rings. The fourth-order valence-electron chi connectivity index (χ4n) is 1.10. The van der Waals surface area contributed by atoms with Gasteiger partial charge in [0.25, 0.3) is 0 Å². The lowest BCUT2D eigenvalue weighted by Gasteiger charge is -2.28. The monoisotopic (exact) mass is 233 g/mol. The van der Waals surface area contributed by atoms with Crippen LogP contribution in [0.4, 0.5) is 4.79 Å². The first kappa shape index (κ1) is 15.2. The van der Waals surface area contributed by atoms with E-state index in [-0.39, 0.29) is 6.54 Å². The van der Waals surface area contributed by atoms with Crippen molar-refractivity contribution in [2.75, 3.05) is 26.8 Å². The van der Waals surface area contributed by atoms with Gasteiger partial charge in [-0.2, -0.15) is 0 Å². The van der Waals surface area contributed by atoms with Gasteiger partial charge in [0, 0.05) is 20.2 Å². The van der Waals surface area contributed by atoms with E-state index in [0.29, 0.717) is 13.2 Å². The van der Waals surface area contributed by atoms with Crippen molar-refractivity contribution in [1.82, 2.24) is 4.90 Å². The highest BCUT2D eigenvalue weighted by atomic mass is 16.6. The first-order valence-corrected chi connectivity index (χ1v) is 5.41. The van der Waals surface area contributed by atoms with Crippen molar-refractivity contribution in [3.05, 3.63) is 0 Å². The van der Waals surface area contributed by atoms with Crippen LogP contribution < -0.4 is 0 Å². The summed E-state index contributed by atoms with van der Waals surface area (Å²) in [5.74, 6) is 0. The molecular weight excluding hydrogens is 210 g/mol. The van der Waals surface area contributed by atoms with E-state index in [1.54, 1.807) is 14.0 Å². The van der Waals surface area contributed by atoms with Gasteiger partial charge in [0.05, 0.1) is 12.7 Å². The van der Waals surface area contributed by atoms with Crippen LogP contribution in [0.2, 0.25) is 0 Å².